The van der Waals surface area contributed by atoms with E-state index in [1.807, 2.05) is 36.4 Å². The van der Waals surface area contributed by atoms with E-state index in [1.165, 1.54) is 35.9 Å². The van der Waals surface area contributed by atoms with Crippen LogP contribution >= 0.6 is 30.5 Å². The summed E-state index contributed by atoms with van der Waals surface area (Å²) in [6, 6.07) is 23.8. The lowest BCUT2D eigenvalue weighted by molar-refractivity contribution is 0.589. The zero-order chi connectivity index (χ0) is 22.5. The van der Waals surface area contributed by atoms with Gasteiger partial charge in [-0.15, -0.1) is 0 Å². The number of nitrogens with one attached hydrogen (secondary N) is 1. The molecule has 0 saturated carbocycles. The fraction of sp³-hybridized carbons (Fsp3) is 0. The van der Waals surface area contributed by atoms with Crippen LogP contribution in [0.5, 0.6) is 0 Å². The maximum Gasteiger partial charge on any atom is 0.238 e. The first-order chi connectivity index (χ1) is 14.7. The molecule has 160 valence electrons. The molecule has 0 spiro atoms. The van der Waals surface area contributed by atoms with E-state index in [0.29, 0.717) is 16.8 Å². The predicted octanol–water partition coefficient (Wildman–Crippen LogP) is 6.50. The first kappa shape index (κ1) is 23.3. The summed E-state index contributed by atoms with van der Waals surface area (Å²) in [5.74, 6) is 2.84. The lowest BCUT2D eigenvalue weighted by Crippen LogP contribution is -2.11. The minimum atomic E-state index is -3.84. The highest BCUT2D eigenvalue weighted by atomic mass is 35.5. The molecule has 0 aromatic heterocycles. The van der Waals surface area contributed by atoms with Gasteiger partial charge < -0.3 is 5.09 Å². The Kier molecular flexibility index (Phi) is 7.42. The molecule has 0 aliphatic rings. The zero-order valence-corrected chi connectivity index (χ0v) is 19.4. The summed E-state index contributed by atoms with van der Waals surface area (Å²) in [5, 5.41) is 8.64. The smallest absolute Gasteiger partial charge is 0.238 e. The first-order valence-corrected chi connectivity index (χ1v) is 13.2. The number of hydrogen-bond donors (Lipinski definition) is 2. The van der Waals surface area contributed by atoms with Crippen molar-refractivity contribution in [2.24, 2.45) is 5.14 Å². The molecule has 0 radical (unpaired) electrons. The molecular weight excluding hydrogens is 474 g/mol. The van der Waals surface area contributed by atoms with Gasteiger partial charge >= 0.3 is 0 Å². The van der Waals surface area contributed by atoms with Gasteiger partial charge in [-0.05, 0) is 35.4 Å². The minimum absolute atomic E-state index is 0.0522. The lowest BCUT2D eigenvalue weighted by atomic mass is 10.2. The van der Waals surface area contributed by atoms with Crippen molar-refractivity contribution >= 4 is 56.3 Å². The van der Waals surface area contributed by atoms with Gasteiger partial charge in [0, 0.05) is 17.3 Å². The molecule has 1 unspecified atom stereocenters. The van der Waals surface area contributed by atoms with Gasteiger partial charge in [-0.1, -0.05) is 83.9 Å². The Morgan fingerprint density at radius 3 is 1.58 bits per heavy atom. The van der Waals surface area contributed by atoms with Gasteiger partial charge in [-0.3, -0.25) is 4.57 Å². The average Bonchev–Trinajstić information content (AvgIpc) is 2.74. The third-order valence-electron chi connectivity index (χ3n) is 4.20. The topological polar surface area (TPSA) is 89.3 Å². The number of benzene rings is 3. The molecule has 0 amide bonds. The molecule has 3 rings (SSSR count). The number of primary sulfonamides is 1. The molecule has 5 nitrogen and oxygen atoms in total. The number of sulfonamides is 1. The van der Waals surface area contributed by atoms with Crippen LogP contribution in [0, 0.1) is 0 Å². The average molecular weight is 493 g/mol. The zero-order valence-electron chi connectivity index (χ0n) is 16.2. The van der Waals surface area contributed by atoms with Crippen LogP contribution in [-0.2, 0) is 14.6 Å². The third kappa shape index (κ3) is 6.57. The van der Waals surface area contributed by atoms with Crippen LogP contribution in [-0.4, -0.2) is 8.42 Å². The second-order valence-corrected chi connectivity index (χ2v) is 11.1. The molecule has 0 heterocycles. The van der Waals surface area contributed by atoms with Crippen LogP contribution in [0.1, 0.15) is 11.1 Å². The predicted molar refractivity (Wildman–Crippen MR) is 130 cm³/mol. The quantitative estimate of drug-likeness (QED) is 0.368. The van der Waals surface area contributed by atoms with Crippen molar-refractivity contribution in [3.63, 3.8) is 0 Å². The molecule has 0 aliphatic heterocycles. The Bertz CT molecular complexity index is 1200. The molecule has 3 N–H and O–H groups in total. The molecule has 3 aromatic carbocycles. The normalized spacial score (nSPS) is 14.7. The van der Waals surface area contributed by atoms with E-state index in [1.54, 1.807) is 24.3 Å². The van der Waals surface area contributed by atoms with Crippen LogP contribution in [0.3, 0.4) is 0 Å². The number of halogens is 2. The third-order valence-corrected chi connectivity index (χ3v) is 7.98. The largest absolute Gasteiger partial charge is 0.330 e. The van der Waals surface area contributed by atoms with Gasteiger partial charge in [0.05, 0.1) is 15.0 Å². The van der Waals surface area contributed by atoms with Crippen molar-refractivity contribution in [3.8, 4) is 0 Å². The van der Waals surface area contributed by atoms with Crippen LogP contribution in [0.15, 0.2) is 101 Å². The van der Waals surface area contributed by atoms with E-state index in [0.717, 1.165) is 0 Å². The highest BCUT2D eigenvalue weighted by Crippen LogP contribution is 2.53. The Balaban J connectivity index is 2.02. The second kappa shape index (κ2) is 9.86. The monoisotopic (exact) mass is 492 g/mol. The van der Waals surface area contributed by atoms with Crippen LogP contribution in [0.2, 0.25) is 0 Å². The standard InChI is InChI=1S/C22H19Cl2N2O3PS/c23-21(17-7-3-1-4-8-17)15-30(27,16-22(24)18-9-5-2-6-10-18)26-19-11-13-20(14-12-19)31(25,28)29/h1-16H,(H,26,27)(H2,25,28,29)/b21-15-,22-16?. The molecule has 9 heteroatoms. The van der Waals surface area contributed by atoms with Crippen LogP contribution in [0.25, 0.3) is 10.1 Å². The van der Waals surface area contributed by atoms with Gasteiger partial charge in [0.2, 0.25) is 17.3 Å². The van der Waals surface area contributed by atoms with E-state index in [2.05, 4.69) is 5.09 Å². The molecule has 0 bridgehead atoms. The van der Waals surface area contributed by atoms with Gasteiger partial charge in [0.15, 0.2) is 0 Å². The Morgan fingerprint density at radius 2 is 1.19 bits per heavy atom. The second-order valence-electron chi connectivity index (χ2n) is 6.58. The van der Waals surface area contributed by atoms with Gasteiger partial charge in [-0.2, -0.15) is 0 Å². The van der Waals surface area contributed by atoms with Crippen LogP contribution < -0.4 is 10.2 Å². The number of anilines is 1. The van der Waals surface area contributed by atoms with Crippen molar-refractivity contribution in [1.82, 2.24) is 0 Å². The first-order valence-electron chi connectivity index (χ1n) is 9.04. The number of rotatable bonds is 7. The lowest BCUT2D eigenvalue weighted by Gasteiger charge is -2.16. The fourth-order valence-electron chi connectivity index (χ4n) is 2.70. The summed E-state index contributed by atoms with van der Waals surface area (Å²) in [4.78, 5) is -0.0522. The maximum atomic E-state index is 13.9. The fourth-order valence-corrected chi connectivity index (χ4v) is 6.07. The summed E-state index contributed by atoms with van der Waals surface area (Å²) in [6.07, 6.45) is 0. The summed E-state index contributed by atoms with van der Waals surface area (Å²) < 4.78 is 36.8. The van der Waals surface area contributed by atoms with E-state index >= 15 is 0 Å². The summed E-state index contributed by atoms with van der Waals surface area (Å²) in [5.41, 5.74) is 1.80. The van der Waals surface area contributed by atoms with Crippen molar-refractivity contribution in [2.45, 2.75) is 4.90 Å². The van der Waals surface area contributed by atoms with Crippen molar-refractivity contribution in [1.29, 1.82) is 0 Å². The van der Waals surface area contributed by atoms with Gasteiger partial charge in [0.1, 0.15) is 0 Å². The Labute approximate surface area is 191 Å². The minimum Gasteiger partial charge on any atom is -0.330 e. The summed E-state index contributed by atoms with van der Waals surface area (Å²) in [6.45, 7) is 0. The van der Waals surface area contributed by atoms with E-state index < -0.39 is 17.3 Å². The highest BCUT2D eigenvalue weighted by molar-refractivity contribution is 7.89. The molecule has 0 fully saturated rings. The molecule has 0 aliphatic carbocycles. The van der Waals surface area contributed by atoms with Gasteiger partial charge in [0.25, 0.3) is 0 Å². The summed E-state index contributed by atoms with van der Waals surface area (Å²) in [7, 11) is -7.30. The SMILES string of the molecule is NS(=O)(=O)c1ccc(NP(=O)(C=C(Cl)c2ccccc2)/C=C(\Cl)c2ccccc2)cc1. The Morgan fingerprint density at radius 1 is 0.774 bits per heavy atom. The van der Waals surface area contributed by atoms with Crippen LogP contribution in [0.4, 0.5) is 5.69 Å². The van der Waals surface area contributed by atoms with Crippen molar-refractivity contribution < 1.29 is 13.0 Å². The molecule has 31 heavy (non-hydrogen) atoms. The van der Waals surface area contributed by atoms with Crippen molar-refractivity contribution in [2.75, 3.05) is 5.09 Å². The number of nitrogens with two attached hydrogens (primary N) is 1. The summed E-state index contributed by atoms with van der Waals surface area (Å²) >= 11 is 12.9. The number of hydrogen-bond acceptors (Lipinski definition) is 3. The highest BCUT2D eigenvalue weighted by Gasteiger charge is 2.20. The molecule has 3 aromatic rings. The molecule has 0 saturated heterocycles. The maximum absolute atomic E-state index is 13.9. The van der Waals surface area contributed by atoms with E-state index in [4.69, 9.17) is 28.3 Å². The molecular formula is C22H19Cl2N2O3PS. The molecule has 1 atom stereocenters. The van der Waals surface area contributed by atoms with Gasteiger partial charge in [-0.25, -0.2) is 13.6 Å². The Hall–Kier alpha value is -2.34. The van der Waals surface area contributed by atoms with E-state index in [-0.39, 0.29) is 15.0 Å². The van der Waals surface area contributed by atoms with E-state index in [9.17, 15) is 13.0 Å². The van der Waals surface area contributed by atoms with Crippen molar-refractivity contribution in [3.05, 3.63) is 108 Å².